The predicted molar refractivity (Wildman–Crippen MR) is 169 cm³/mol. The van der Waals surface area contributed by atoms with Gasteiger partial charge in [-0.05, 0) is 83.4 Å². The van der Waals surface area contributed by atoms with E-state index in [1.807, 2.05) is 6.07 Å². The predicted octanol–water partition coefficient (Wildman–Crippen LogP) is 6.10. The number of hydrogen-bond donors (Lipinski definition) is 1. The van der Waals surface area contributed by atoms with E-state index in [0.29, 0.717) is 16.2 Å². The van der Waals surface area contributed by atoms with E-state index >= 15 is 0 Å². The van der Waals surface area contributed by atoms with E-state index in [-0.39, 0.29) is 18.8 Å². The summed E-state index contributed by atoms with van der Waals surface area (Å²) in [6, 6.07) is 18.6. The molecule has 1 fully saturated rings. The fourth-order valence-electron chi connectivity index (χ4n) is 4.60. The lowest BCUT2D eigenvalue weighted by Gasteiger charge is -2.43. The van der Waals surface area contributed by atoms with E-state index in [1.165, 1.54) is 12.3 Å². The molecule has 12 nitrogen and oxygen atoms in total. The average Bonchev–Trinajstić information content (AvgIpc) is 2.96. The third-order valence-corrected chi connectivity index (χ3v) is 6.57. The van der Waals surface area contributed by atoms with Crippen LogP contribution in [-0.2, 0) is 36.8 Å². The summed E-state index contributed by atoms with van der Waals surface area (Å²) in [6.07, 6.45) is -0.669. The van der Waals surface area contributed by atoms with Crippen LogP contribution in [0.1, 0.15) is 52.7 Å². The van der Waals surface area contributed by atoms with Gasteiger partial charge in [0.05, 0.1) is 5.92 Å². The Labute approximate surface area is 267 Å². The molecule has 2 aromatic carbocycles. The number of benzene rings is 2. The highest BCUT2D eigenvalue weighted by Gasteiger charge is 2.55. The molecule has 2 atom stereocenters. The van der Waals surface area contributed by atoms with Crippen LogP contribution in [0.4, 0.5) is 25.9 Å². The number of amides is 5. The van der Waals surface area contributed by atoms with Gasteiger partial charge in [0, 0.05) is 11.9 Å². The molecule has 0 radical (unpaired) electrons. The van der Waals surface area contributed by atoms with Crippen LogP contribution in [0, 0.1) is 5.92 Å². The van der Waals surface area contributed by atoms with Crippen LogP contribution in [-0.4, -0.2) is 57.2 Å². The molecular formula is C34H38N4O8. The van der Waals surface area contributed by atoms with E-state index in [1.54, 1.807) is 102 Å². The molecule has 12 heteroatoms. The number of ether oxygens (including phenoxy) is 3. The minimum atomic E-state index is -1.23. The molecule has 4 rings (SSSR count). The second-order valence-corrected chi connectivity index (χ2v) is 12.7. The van der Waals surface area contributed by atoms with Crippen LogP contribution < -0.4 is 10.2 Å². The van der Waals surface area contributed by atoms with Crippen molar-refractivity contribution in [1.29, 1.82) is 0 Å². The van der Waals surface area contributed by atoms with Gasteiger partial charge in [-0.2, -0.15) is 4.90 Å². The first-order valence-corrected chi connectivity index (χ1v) is 14.7. The maximum atomic E-state index is 13.4. The molecule has 5 amide bonds. The zero-order valence-corrected chi connectivity index (χ0v) is 26.7. The fourth-order valence-corrected chi connectivity index (χ4v) is 4.60. The Morgan fingerprint density at radius 2 is 1.39 bits per heavy atom. The highest BCUT2D eigenvalue weighted by atomic mass is 16.6. The number of anilines is 2. The van der Waals surface area contributed by atoms with Gasteiger partial charge in [0.15, 0.2) is 6.04 Å². The van der Waals surface area contributed by atoms with Gasteiger partial charge in [0.1, 0.15) is 23.6 Å². The van der Waals surface area contributed by atoms with Crippen molar-refractivity contribution in [2.45, 2.75) is 71.8 Å². The normalized spacial score (nSPS) is 16.1. The number of rotatable bonds is 7. The minimum absolute atomic E-state index is 0.0228. The number of carbonyl (C=O) groups is 5. The summed E-state index contributed by atoms with van der Waals surface area (Å²) in [5.74, 6) is -2.43. The molecule has 1 aliphatic heterocycles. The summed E-state index contributed by atoms with van der Waals surface area (Å²) in [7, 11) is 0. The molecule has 0 saturated carbocycles. The van der Waals surface area contributed by atoms with Crippen molar-refractivity contribution in [3.05, 3.63) is 90.1 Å². The van der Waals surface area contributed by atoms with Crippen LogP contribution in [0.3, 0.4) is 0 Å². The third-order valence-electron chi connectivity index (χ3n) is 6.57. The number of urea groups is 1. The van der Waals surface area contributed by atoms with Crippen molar-refractivity contribution in [2.75, 3.05) is 10.2 Å². The van der Waals surface area contributed by atoms with E-state index in [0.717, 1.165) is 10.5 Å². The average molecular weight is 631 g/mol. The lowest BCUT2D eigenvalue weighted by atomic mass is 9.82. The SMILES string of the molecule is CC(C)(C)OC(=O)N(C(=O)OC(C)(C)C)c1cc(C[C@H]2C(=O)N(C(=O)Nc3ccccc3)[C@@H]2C(=O)OCc2ccccc2)ccn1. The zero-order chi connectivity index (χ0) is 33.6. The largest absolute Gasteiger partial charge is 0.459 e. The second-order valence-electron chi connectivity index (χ2n) is 12.7. The standard InChI is InChI=1S/C34H38N4O8/c1-33(2,3)45-31(42)37(32(43)46-34(4,5)6)26-20-23(17-18-35-26)19-25-27(29(40)44-21-22-13-9-7-10-14-22)38(28(25)39)30(41)36-24-15-11-8-12-16-24/h7-18,20,25,27H,19,21H2,1-6H3,(H,36,41)/t25-,27+/m1/s1. The van der Waals surface area contributed by atoms with E-state index in [4.69, 9.17) is 14.2 Å². The molecule has 1 aromatic heterocycles. The van der Waals surface area contributed by atoms with E-state index < -0.39 is 53.3 Å². The zero-order valence-electron chi connectivity index (χ0n) is 26.7. The first kappa shape index (κ1) is 33.6. The quantitative estimate of drug-likeness (QED) is 0.186. The Hall–Kier alpha value is -5.26. The smallest absolute Gasteiger partial charge is 0.425 e. The number of pyridine rings is 1. The van der Waals surface area contributed by atoms with Crippen LogP contribution >= 0.6 is 0 Å². The number of aromatic nitrogens is 1. The van der Waals surface area contributed by atoms with E-state index in [9.17, 15) is 24.0 Å². The maximum absolute atomic E-state index is 13.4. The second kappa shape index (κ2) is 13.8. The molecule has 3 aromatic rings. The maximum Gasteiger partial charge on any atom is 0.425 e. The third kappa shape index (κ3) is 8.68. The number of hydrogen-bond acceptors (Lipinski definition) is 9. The lowest BCUT2D eigenvalue weighted by molar-refractivity contribution is -0.170. The van der Waals surface area contributed by atoms with Gasteiger partial charge in [-0.1, -0.05) is 48.5 Å². The van der Waals surface area contributed by atoms with Crippen LogP contribution in [0.25, 0.3) is 0 Å². The fraction of sp³-hybridized carbons (Fsp3) is 0.353. The molecule has 1 N–H and O–H groups in total. The number of carbonyl (C=O) groups excluding carboxylic acids is 5. The molecule has 242 valence electrons. The van der Waals surface area contributed by atoms with Crippen LogP contribution in [0.5, 0.6) is 0 Å². The molecule has 1 aliphatic rings. The van der Waals surface area contributed by atoms with Crippen molar-refractivity contribution in [3.8, 4) is 0 Å². The number of nitrogens with zero attached hydrogens (tertiary/aromatic N) is 3. The first-order chi connectivity index (χ1) is 21.6. The van der Waals surface area contributed by atoms with Crippen molar-refractivity contribution in [3.63, 3.8) is 0 Å². The van der Waals surface area contributed by atoms with Crippen molar-refractivity contribution >= 4 is 41.6 Å². The van der Waals surface area contributed by atoms with Crippen LogP contribution in [0.2, 0.25) is 0 Å². The number of nitrogens with one attached hydrogen (secondary N) is 1. The van der Waals surface area contributed by atoms with Gasteiger partial charge in [-0.25, -0.2) is 29.1 Å². The molecule has 1 saturated heterocycles. The van der Waals surface area contributed by atoms with Gasteiger partial charge < -0.3 is 19.5 Å². The monoisotopic (exact) mass is 630 g/mol. The van der Waals surface area contributed by atoms with Gasteiger partial charge in [-0.3, -0.25) is 4.79 Å². The molecule has 0 unspecified atom stereocenters. The number of imide groups is 2. The molecule has 0 bridgehead atoms. The first-order valence-electron chi connectivity index (χ1n) is 14.7. The summed E-state index contributed by atoms with van der Waals surface area (Å²) in [4.78, 5) is 72.0. The summed E-state index contributed by atoms with van der Waals surface area (Å²) in [5.41, 5.74) is -0.205. The highest BCUT2D eigenvalue weighted by Crippen LogP contribution is 2.33. The number of likely N-dealkylation sites (tertiary alicyclic amines) is 1. The van der Waals surface area contributed by atoms with E-state index in [2.05, 4.69) is 10.3 Å². The van der Waals surface area contributed by atoms with Gasteiger partial charge in [0.25, 0.3) is 0 Å². The Balaban J connectivity index is 1.60. The Bertz CT molecular complexity index is 1550. The Morgan fingerprint density at radius 3 is 1.96 bits per heavy atom. The Morgan fingerprint density at radius 1 is 0.826 bits per heavy atom. The van der Waals surface area contributed by atoms with Crippen LogP contribution in [0.15, 0.2) is 79.0 Å². The molecule has 46 heavy (non-hydrogen) atoms. The minimum Gasteiger partial charge on any atom is -0.459 e. The topological polar surface area (TPSA) is 144 Å². The number of esters is 1. The van der Waals surface area contributed by atoms with Gasteiger partial charge in [0.2, 0.25) is 5.91 Å². The molecule has 2 heterocycles. The van der Waals surface area contributed by atoms with Gasteiger partial charge in [-0.15, -0.1) is 0 Å². The molecule has 0 spiro atoms. The number of para-hydroxylation sites is 1. The molecule has 0 aliphatic carbocycles. The van der Waals surface area contributed by atoms with Crippen molar-refractivity contribution in [1.82, 2.24) is 9.88 Å². The molecular weight excluding hydrogens is 592 g/mol. The Kier molecular flexibility index (Phi) is 10.1. The lowest BCUT2D eigenvalue weighted by Crippen LogP contribution is -2.68. The summed E-state index contributed by atoms with van der Waals surface area (Å²) in [6.45, 7) is 9.87. The van der Waals surface area contributed by atoms with Crippen molar-refractivity contribution in [2.24, 2.45) is 5.92 Å². The summed E-state index contributed by atoms with van der Waals surface area (Å²) < 4.78 is 16.4. The summed E-state index contributed by atoms with van der Waals surface area (Å²) >= 11 is 0. The number of β-lactam (4-membered cyclic amide) rings is 1. The highest BCUT2D eigenvalue weighted by molar-refractivity contribution is 6.11. The van der Waals surface area contributed by atoms with Crippen molar-refractivity contribution < 1.29 is 38.2 Å². The summed E-state index contributed by atoms with van der Waals surface area (Å²) in [5, 5.41) is 2.64. The van der Waals surface area contributed by atoms with Gasteiger partial charge >= 0.3 is 24.2 Å².